The zero-order valence-corrected chi connectivity index (χ0v) is 19.5. The van der Waals surface area contributed by atoms with Crippen LogP contribution in [0.15, 0.2) is 53.0 Å². The van der Waals surface area contributed by atoms with Crippen molar-refractivity contribution in [3.8, 4) is 5.75 Å². The highest BCUT2D eigenvalue weighted by Gasteiger charge is 2.20. The van der Waals surface area contributed by atoms with Crippen molar-refractivity contribution in [2.24, 2.45) is 0 Å². The van der Waals surface area contributed by atoms with Gasteiger partial charge < -0.3 is 9.47 Å². The molecule has 1 amide bonds. The van der Waals surface area contributed by atoms with Crippen LogP contribution in [0.1, 0.15) is 34.6 Å². The Bertz CT molecular complexity index is 1320. The Morgan fingerprint density at radius 2 is 1.90 bits per heavy atom. The lowest BCUT2D eigenvalue weighted by Gasteiger charge is -2.12. The number of halogens is 1. The van der Waals surface area contributed by atoms with Gasteiger partial charge in [0.05, 0.1) is 39.0 Å². The summed E-state index contributed by atoms with van der Waals surface area (Å²) in [6, 6.07) is 14.7. The largest absolute Gasteiger partial charge is 0.495 e. The van der Waals surface area contributed by atoms with Crippen LogP contribution in [0.5, 0.6) is 5.75 Å². The van der Waals surface area contributed by atoms with Gasteiger partial charge in [-0.1, -0.05) is 35.6 Å². The molecule has 158 valence electrons. The van der Waals surface area contributed by atoms with Gasteiger partial charge in [-0.25, -0.2) is 9.78 Å². The fraction of sp³-hybridized carbons (Fsp3) is 0.174. The molecule has 0 spiro atoms. The molecule has 1 N–H and O–H groups in total. The first kappa shape index (κ1) is 21.3. The Hall–Kier alpha value is -2.97. The van der Waals surface area contributed by atoms with Crippen LogP contribution in [-0.4, -0.2) is 30.1 Å². The number of ether oxygens (including phenoxy) is 2. The average molecular weight is 499 g/mol. The molecule has 0 aliphatic carbocycles. The molecule has 0 atom stereocenters. The van der Waals surface area contributed by atoms with E-state index in [-0.39, 0.29) is 18.0 Å². The van der Waals surface area contributed by atoms with Crippen molar-refractivity contribution in [2.75, 3.05) is 12.4 Å². The number of methoxy groups -OCH3 is 1. The van der Waals surface area contributed by atoms with E-state index in [4.69, 9.17) is 9.47 Å². The van der Waals surface area contributed by atoms with Gasteiger partial charge in [0.1, 0.15) is 5.75 Å². The molecule has 1 heterocycles. The fourth-order valence-electron chi connectivity index (χ4n) is 3.20. The Morgan fingerprint density at radius 1 is 1.13 bits per heavy atom. The first-order valence-corrected chi connectivity index (χ1v) is 11.2. The number of benzene rings is 3. The van der Waals surface area contributed by atoms with Crippen molar-refractivity contribution >= 4 is 65.3 Å². The molecule has 0 fully saturated rings. The maximum absolute atomic E-state index is 13.0. The Labute approximate surface area is 191 Å². The lowest BCUT2D eigenvalue weighted by atomic mass is 10.1. The third-order valence-corrected chi connectivity index (χ3v) is 6.30. The summed E-state index contributed by atoms with van der Waals surface area (Å²) < 4.78 is 12.2. The third-order valence-electron chi connectivity index (χ3n) is 4.58. The number of carbonyl (C=O) groups is 2. The van der Waals surface area contributed by atoms with E-state index in [1.54, 1.807) is 38.1 Å². The molecule has 6 nitrogen and oxygen atoms in total. The number of thiazole rings is 1. The molecule has 0 saturated heterocycles. The summed E-state index contributed by atoms with van der Waals surface area (Å²) >= 11 is 4.84. The van der Waals surface area contributed by atoms with Crippen molar-refractivity contribution in [3.63, 3.8) is 0 Å². The van der Waals surface area contributed by atoms with Gasteiger partial charge in [0.25, 0.3) is 5.91 Å². The number of rotatable bonds is 5. The SMILES string of the molecule is COc1c(C(=O)Nc2nc3ccc(C(=O)OC(C)C)cc3s2)cc2ccccc2c1Br. The number of carbonyl (C=O) groups excluding carboxylic acids is 2. The molecule has 0 saturated carbocycles. The van der Waals surface area contributed by atoms with Gasteiger partial charge in [-0.05, 0) is 64.8 Å². The zero-order valence-electron chi connectivity index (χ0n) is 17.1. The van der Waals surface area contributed by atoms with Gasteiger partial charge in [0, 0.05) is 0 Å². The summed E-state index contributed by atoms with van der Waals surface area (Å²) in [4.78, 5) is 29.7. The number of anilines is 1. The quantitative estimate of drug-likeness (QED) is 0.339. The van der Waals surface area contributed by atoms with Crippen molar-refractivity contribution in [1.82, 2.24) is 4.98 Å². The highest BCUT2D eigenvalue weighted by atomic mass is 79.9. The number of amides is 1. The number of esters is 1. The van der Waals surface area contributed by atoms with E-state index >= 15 is 0 Å². The summed E-state index contributed by atoms with van der Waals surface area (Å²) in [6.07, 6.45) is -0.198. The number of nitrogens with zero attached hydrogens (tertiary/aromatic N) is 1. The van der Waals surface area contributed by atoms with Gasteiger partial charge in [-0.3, -0.25) is 10.1 Å². The van der Waals surface area contributed by atoms with Gasteiger partial charge >= 0.3 is 5.97 Å². The van der Waals surface area contributed by atoms with Gasteiger partial charge in [0.15, 0.2) is 5.13 Å². The minimum Gasteiger partial charge on any atom is -0.495 e. The van der Waals surface area contributed by atoms with Crippen LogP contribution in [-0.2, 0) is 4.74 Å². The average Bonchev–Trinajstić information content (AvgIpc) is 3.14. The van der Waals surface area contributed by atoms with E-state index < -0.39 is 0 Å². The van der Waals surface area contributed by atoms with Crippen LogP contribution >= 0.6 is 27.3 Å². The maximum Gasteiger partial charge on any atom is 0.338 e. The smallest absolute Gasteiger partial charge is 0.338 e. The molecule has 1 aromatic heterocycles. The van der Waals surface area contributed by atoms with Crippen LogP contribution in [0, 0.1) is 0 Å². The van der Waals surface area contributed by atoms with Crippen molar-refractivity contribution < 1.29 is 19.1 Å². The van der Waals surface area contributed by atoms with Crippen molar-refractivity contribution in [3.05, 3.63) is 64.1 Å². The molecule has 0 bridgehead atoms. The predicted molar refractivity (Wildman–Crippen MR) is 126 cm³/mol. The van der Waals surface area contributed by atoms with Crippen molar-refractivity contribution in [1.29, 1.82) is 0 Å². The molecule has 0 unspecified atom stereocenters. The number of nitrogens with one attached hydrogen (secondary N) is 1. The number of fused-ring (bicyclic) bond motifs is 2. The molecule has 4 aromatic rings. The maximum atomic E-state index is 13.0. The van der Waals surface area contributed by atoms with Gasteiger partial charge in [-0.15, -0.1) is 0 Å². The van der Waals surface area contributed by atoms with Crippen LogP contribution < -0.4 is 10.1 Å². The highest BCUT2D eigenvalue weighted by molar-refractivity contribution is 9.10. The molecule has 4 rings (SSSR count). The summed E-state index contributed by atoms with van der Waals surface area (Å²) in [7, 11) is 1.53. The predicted octanol–water partition coefficient (Wildman–Crippen LogP) is 6.04. The third kappa shape index (κ3) is 4.26. The minimum absolute atomic E-state index is 0.198. The number of hydrogen-bond acceptors (Lipinski definition) is 6. The normalized spacial score (nSPS) is 11.1. The molecular formula is C23H19BrN2O4S. The van der Waals surface area contributed by atoms with E-state index in [0.29, 0.717) is 27.5 Å². The van der Waals surface area contributed by atoms with E-state index in [1.165, 1.54) is 18.4 Å². The molecular weight excluding hydrogens is 480 g/mol. The second kappa shape index (κ2) is 8.64. The lowest BCUT2D eigenvalue weighted by Crippen LogP contribution is -2.13. The highest BCUT2D eigenvalue weighted by Crippen LogP contribution is 2.37. The molecule has 3 aromatic carbocycles. The zero-order chi connectivity index (χ0) is 22.1. The van der Waals surface area contributed by atoms with Crippen LogP contribution in [0.3, 0.4) is 0 Å². The molecule has 0 aliphatic heterocycles. The number of hydrogen-bond donors (Lipinski definition) is 1. The lowest BCUT2D eigenvalue weighted by molar-refractivity contribution is 0.0378. The minimum atomic E-state index is -0.387. The molecule has 31 heavy (non-hydrogen) atoms. The topological polar surface area (TPSA) is 77.5 Å². The van der Waals surface area contributed by atoms with E-state index in [1.807, 2.05) is 24.3 Å². The summed E-state index contributed by atoms with van der Waals surface area (Å²) in [6.45, 7) is 3.60. The first-order chi connectivity index (χ1) is 14.9. The standard InChI is InChI=1S/C23H19BrN2O4S/c1-12(2)30-22(28)14-8-9-17-18(11-14)31-23(25-17)26-21(27)16-10-13-6-4-5-7-15(13)19(24)20(16)29-3/h4-12H,1-3H3,(H,25,26,27). The number of aromatic nitrogens is 1. The Balaban J connectivity index is 1.65. The second-order valence-corrected chi connectivity index (χ2v) is 8.93. The molecule has 0 radical (unpaired) electrons. The Morgan fingerprint density at radius 3 is 2.65 bits per heavy atom. The van der Waals surface area contributed by atoms with Crippen LogP contribution in [0.2, 0.25) is 0 Å². The molecule has 8 heteroatoms. The van der Waals surface area contributed by atoms with E-state index in [0.717, 1.165) is 19.9 Å². The van der Waals surface area contributed by atoms with Gasteiger partial charge in [0.2, 0.25) is 0 Å². The summed E-state index contributed by atoms with van der Waals surface area (Å²) in [5, 5.41) is 5.15. The van der Waals surface area contributed by atoms with Crippen LogP contribution in [0.25, 0.3) is 21.0 Å². The first-order valence-electron chi connectivity index (χ1n) is 9.55. The van der Waals surface area contributed by atoms with E-state index in [9.17, 15) is 9.59 Å². The molecule has 0 aliphatic rings. The monoisotopic (exact) mass is 498 g/mol. The summed E-state index contributed by atoms with van der Waals surface area (Å²) in [5.74, 6) is -0.264. The van der Waals surface area contributed by atoms with Gasteiger partial charge in [-0.2, -0.15) is 0 Å². The Kier molecular flexibility index (Phi) is 5.93. The summed E-state index contributed by atoms with van der Waals surface area (Å²) in [5.41, 5.74) is 1.53. The fourth-order valence-corrected chi connectivity index (χ4v) is 4.84. The second-order valence-electron chi connectivity index (χ2n) is 7.10. The van der Waals surface area contributed by atoms with Crippen molar-refractivity contribution in [2.45, 2.75) is 20.0 Å². The van der Waals surface area contributed by atoms with Crippen LogP contribution in [0.4, 0.5) is 5.13 Å². The van der Waals surface area contributed by atoms with E-state index in [2.05, 4.69) is 26.2 Å².